The smallest absolute Gasteiger partial charge is 0.133 e. The molecule has 0 amide bonds. The van der Waals surface area contributed by atoms with E-state index in [2.05, 4.69) is 86.7 Å². The van der Waals surface area contributed by atoms with E-state index in [-0.39, 0.29) is 5.48 Å². The minimum Gasteiger partial charge on any atom is -0.870 e. The van der Waals surface area contributed by atoms with Crippen LogP contribution in [0.2, 0.25) is 0 Å². The first-order valence-electron chi connectivity index (χ1n) is 8.44. The molecule has 0 unspecified atom stereocenters. The molecule has 1 N–H and O–H groups in total. The first-order valence-corrected chi connectivity index (χ1v) is 8.44. The van der Waals surface area contributed by atoms with Crippen LogP contribution in [0.4, 0.5) is 5.69 Å². The molecule has 0 saturated carbocycles. The van der Waals surface area contributed by atoms with Crippen molar-refractivity contribution in [3.63, 3.8) is 0 Å². The third-order valence-corrected chi connectivity index (χ3v) is 4.17. The topological polar surface area (TPSA) is 30.0 Å². The van der Waals surface area contributed by atoms with Crippen LogP contribution in [-0.2, 0) is 0 Å². The Morgan fingerprint density at radius 3 is 1.83 bits per heavy atom. The lowest BCUT2D eigenvalue weighted by Crippen LogP contribution is -2.50. The first kappa shape index (κ1) is 19.1. The summed E-state index contributed by atoms with van der Waals surface area (Å²) in [5.74, 6) is 0. The van der Waals surface area contributed by atoms with Crippen LogP contribution in [0.15, 0.2) is 66.7 Å². The van der Waals surface area contributed by atoms with Gasteiger partial charge in [-0.15, -0.1) is 0 Å². The Hall–Kier alpha value is -1.90. The molecule has 0 fully saturated rings. The SMILES string of the molecule is CCC[N+](CC=Cc1ccccc1)(CCC)c1ccccc1.[OH-]. The molecule has 2 heteroatoms. The summed E-state index contributed by atoms with van der Waals surface area (Å²) in [6.07, 6.45) is 7.00. The van der Waals surface area contributed by atoms with Gasteiger partial charge in [0.05, 0.1) is 13.1 Å². The van der Waals surface area contributed by atoms with Crippen molar-refractivity contribution >= 4 is 11.8 Å². The molecule has 0 aliphatic carbocycles. The first-order chi connectivity index (χ1) is 10.8. The molecule has 0 atom stereocenters. The van der Waals surface area contributed by atoms with E-state index in [4.69, 9.17) is 0 Å². The van der Waals surface area contributed by atoms with Crippen molar-refractivity contribution in [3.05, 3.63) is 72.3 Å². The minimum atomic E-state index is 0. The van der Waals surface area contributed by atoms with Gasteiger partial charge in [0.15, 0.2) is 0 Å². The van der Waals surface area contributed by atoms with Crippen LogP contribution in [0.5, 0.6) is 0 Å². The van der Waals surface area contributed by atoms with Gasteiger partial charge in [0.25, 0.3) is 0 Å². The summed E-state index contributed by atoms with van der Waals surface area (Å²) in [7, 11) is 0. The normalized spacial score (nSPS) is 11.4. The van der Waals surface area contributed by atoms with Gasteiger partial charge < -0.3 is 5.48 Å². The van der Waals surface area contributed by atoms with Crippen LogP contribution in [0.25, 0.3) is 6.08 Å². The fourth-order valence-electron chi connectivity index (χ4n) is 3.21. The van der Waals surface area contributed by atoms with Crippen LogP contribution >= 0.6 is 0 Å². The minimum absolute atomic E-state index is 0. The molecule has 0 saturated heterocycles. The van der Waals surface area contributed by atoms with Crippen molar-refractivity contribution in [2.75, 3.05) is 19.6 Å². The second kappa shape index (κ2) is 9.98. The van der Waals surface area contributed by atoms with Crippen LogP contribution in [0.1, 0.15) is 32.3 Å². The van der Waals surface area contributed by atoms with E-state index < -0.39 is 0 Å². The van der Waals surface area contributed by atoms with Gasteiger partial charge in [-0.25, -0.2) is 0 Å². The van der Waals surface area contributed by atoms with E-state index in [1.54, 1.807) is 0 Å². The highest BCUT2D eigenvalue weighted by molar-refractivity contribution is 5.50. The third kappa shape index (κ3) is 5.34. The monoisotopic (exact) mass is 311 g/mol. The lowest BCUT2D eigenvalue weighted by molar-refractivity contribution is 0.300. The summed E-state index contributed by atoms with van der Waals surface area (Å²) >= 11 is 0. The number of hydrogen-bond donors (Lipinski definition) is 0. The van der Waals surface area contributed by atoms with Crippen molar-refractivity contribution in [2.24, 2.45) is 0 Å². The summed E-state index contributed by atoms with van der Waals surface area (Å²) in [6, 6.07) is 21.6. The van der Waals surface area contributed by atoms with E-state index in [0.717, 1.165) is 11.0 Å². The van der Waals surface area contributed by atoms with Crippen molar-refractivity contribution < 1.29 is 5.48 Å². The van der Waals surface area contributed by atoms with Gasteiger partial charge >= 0.3 is 0 Å². The maximum atomic E-state index is 2.34. The highest BCUT2D eigenvalue weighted by atomic mass is 16.0. The molecule has 2 rings (SSSR count). The molecule has 0 aliphatic heterocycles. The van der Waals surface area contributed by atoms with Crippen LogP contribution in [0.3, 0.4) is 0 Å². The van der Waals surface area contributed by atoms with E-state index >= 15 is 0 Å². The molecule has 124 valence electrons. The zero-order valence-electron chi connectivity index (χ0n) is 14.4. The average Bonchev–Trinajstić information content (AvgIpc) is 2.57. The predicted molar refractivity (Wildman–Crippen MR) is 101 cm³/mol. The number of benzene rings is 2. The maximum absolute atomic E-state index is 2.34. The molecular formula is C21H29NO. The second-order valence-electron chi connectivity index (χ2n) is 5.92. The van der Waals surface area contributed by atoms with Gasteiger partial charge in [0, 0.05) is 0 Å². The molecule has 23 heavy (non-hydrogen) atoms. The summed E-state index contributed by atoms with van der Waals surface area (Å²) in [6.45, 7) is 8.01. The summed E-state index contributed by atoms with van der Waals surface area (Å²) in [5, 5.41) is 0. The fraction of sp³-hybridized carbons (Fsp3) is 0.333. The number of rotatable bonds is 8. The molecule has 0 heterocycles. The Labute approximate surface area is 141 Å². The molecular weight excluding hydrogens is 282 g/mol. The Kier molecular flexibility index (Phi) is 8.31. The van der Waals surface area contributed by atoms with Crippen LogP contribution in [0, 0.1) is 0 Å². The van der Waals surface area contributed by atoms with E-state index in [1.807, 2.05) is 0 Å². The quantitative estimate of drug-likeness (QED) is 0.604. The lowest BCUT2D eigenvalue weighted by atomic mass is 10.1. The number of quaternary nitrogens is 1. The maximum Gasteiger partial charge on any atom is 0.133 e. The van der Waals surface area contributed by atoms with E-state index in [1.165, 1.54) is 37.2 Å². The zero-order valence-corrected chi connectivity index (χ0v) is 14.4. The highest BCUT2D eigenvalue weighted by Crippen LogP contribution is 2.24. The standard InChI is InChI=1S/C21H28N.H2O/c1-3-17-22(18-4-2,21-15-9-6-10-16-21)19-11-14-20-12-7-5-8-13-20;/h5-16H,3-4,17-19H2,1-2H3;1H2/q+1;/p-1. The predicted octanol–water partition coefficient (Wildman–Crippen LogP) is 5.35. The van der Waals surface area contributed by atoms with Crippen molar-refractivity contribution in [2.45, 2.75) is 26.7 Å². The Balaban J connectivity index is 0.00000264. The van der Waals surface area contributed by atoms with Crippen molar-refractivity contribution in [1.82, 2.24) is 4.48 Å². The Morgan fingerprint density at radius 2 is 1.30 bits per heavy atom. The van der Waals surface area contributed by atoms with Crippen LogP contribution in [-0.4, -0.2) is 25.1 Å². The van der Waals surface area contributed by atoms with Gasteiger partial charge in [-0.2, -0.15) is 0 Å². The van der Waals surface area contributed by atoms with Gasteiger partial charge in [-0.3, -0.25) is 4.48 Å². The van der Waals surface area contributed by atoms with Gasteiger partial charge in [-0.05, 0) is 36.6 Å². The van der Waals surface area contributed by atoms with Crippen molar-refractivity contribution in [3.8, 4) is 0 Å². The number of nitrogens with zero attached hydrogens (tertiary/aromatic N) is 1. The van der Waals surface area contributed by atoms with Crippen molar-refractivity contribution in [1.29, 1.82) is 0 Å². The lowest BCUT2D eigenvalue weighted by Gasteiger charge is -2.37. The van der Waals surface area contributed by atoms with E-state index in [9.17, 15) is 0 Å². The van der Waals surface area contributed by atoms with Gasteiger partial charge in [0.1, 0.15) is 12.2 Å². The summed E-state index contributed by atoms with van der Waals surface area (Å²) in [4.78, 5) is 0. The van der Waals surface area contributed by atoms with Gasteiger partial charge in [-0.1, -0.05) is 68.5 Å². The zero-order chi connectivity index (χ0) is 15.7. The molecule has 2 aromatic carbocycles. The second-order valence-corrected chi connectivity index (χ2v) is 5.92. The Bertz CT molecular complexity index is 557. The highest BCUT2D eigenvalue weighted by Gasteiger charge is 2.26. The largest absolute Gasteiger partial charge is 0.870 e. The fourth-order valence-corrected chi connectivity index (χ4v) is 3.21. The summed E-state index contributed by atoms with van der Waals surface area (Å²) in [5.41, 5.74) is 2.71. The van der Waals surface area contributed by atoms with Gasteiger partial charge in [0.2, 0.25) is 0 Å². The summed E-state index contributed by atoms with van der Waals surface area (Å²) < 4.78 is 1.05. The molecule has 2 nitrogen and oxygen atoms in total. The average molecular weight is 311 g/mol. The molecule has 0 aromatic heterocycles. The van der Waals surface area contributed by atoms with Crippen LogP contribution < -0.4 is 4.48 Å². The molecule has 2 aromatic rings. The molecule has 0 aliphatic rings. The number of para-hydroxylation sites is 1. The molecule has 0 bridgehead atoms. The van der Waals surface area contributed by atoms with E-state index in [0.29, 0.717) is 0 Å². The third-order valence-electron chi connectivity index (χ3n) is 4.17. The Morgan fingerprint density at radius 1 is 0.783 bits per heavy atom. The number of hydrogen-bond acceptors (Lipinski definition) is 1. The molecule has 0 spiro atoms. The molecule has 0 radical (unpaired) electrons.